The van der Waals surface area contributed by atoms with Crippen LogP contribution < -0.4 is 4.74 Å². The first kappa shape index (κ1) is 15.9. The van der Waals surface area contributed by atoms with Crippen molar-refractivity contribution in [2.45, 2.75) is 69.0 Å². The van der Waals surface area contributed by atoms with E-state index in [4.69, 9.17) is 4.74 Å². The van der Waals surface area contributed by atoms with Gasteiger partial charge in [-0.2, -0.15) is 0 Å². The van der Waals surface area contributed by atoms with Gasteiger partial charge in [-0.05, 0) is 80.2 Å². The SMILES string of the molecule is COc1ccc2c(c1)[C@]13CCCC[C@H]1[C@@H](C2)N(C1CC2CCN1C2)CC3. The Morgan fingerprint density at radius 1 is 1.12 bits per heavy atom. The Bertz CT molecular complexity index is 718. The quantitative estimate of drug-likeness (QED) is 0.805. The fraction of sp³-hybridized carbons (Fsp3) is 0.739. The summed E-state index contributed by atoms with van der Waals surface area (Å²) in [5, 5.41) is 0. The van der Waals surface area contributed by atoms with Crippen molar-refractivity contribution < 1.29 is 4.74 Å². The largest absolute Gasteiger partial charge is 0.497 e. The topological polar surface area (TPSA) is 15.7 Å². The van der Waals surface area contributed by atoms with Gasteiger partial charge in [0.15, 0.2) is 0 Å². The molecule has 1 aromatic rings. The number of fused-ring (bicyclic) bond motifs is 3. The molecule has 1 saturated carbocycles. The molecule has 3 saturated heterocycles. The van der Waals surface area contributed by atoms with Crippen LogP contribution in [0.15, 0.2) is 18.2 Å². The van der Waals surface area contributed by atoms with E-state index >= 15 is 0 Å². The summed E-state index contributed by atoms with van der Waals surface area (Å²) in [5.74, 6) is 2.91. The average molecular weight is 353 g/mol. The molecule has 3 heterocycles. The van der Waals surface area contributed by atoms with Crippen LogP contribution in [0.3, 0.4) is 0 Å². The van der Waals surface area contributed by atoms with Crippen molar-refractivity contribution in [2.75, 3.05) is 26.7 Å². The third-order valence-corrected chi connectivity index (χ3v) is 8.75. The first-order valence-corrected chi connectivity index (χ1v) is 11.0. The van der Waals surface area contributed by atoms with E-state index in [-0.39, 0.29) is 0 Å². The zero-order valence-electron chi connectivity index (χ0n) is 16.1. The Kier molecular flexibility index (Phi) is 3.51. The molecule has 140 valence electrons. The van der Waals surface area contributed by atoms with Gasteiger partial charge in [-0.15, -0.1) is 0 Å². The van der Waals surface area contributed by atoms with E-state index in [2.05, 4.69) is 28.0 Å². The second-order valence-corrected chi connectivity index (χ2v) is 9.66. The second kappa shape index (κ2) is 5.72. The van der Waals surface area contributed by atoms with Crippen LogP contribution in [-0.4, -0.2) is 48.8 Å². The number of nitrogens with zero attached hydrogens (tertiary/aromatic N) is 2. The van der Waals surface area contributed by atoms with Gasteiger partial charge in [0.05, 0.1) is 13.3 Å². The predicted octanol–water partition coefficient (Wildman–Crippen LogP) is 3.81. The summed E-state index contributed by atoms with van der Waals surface area (Å²) < 4.78 is 5.61. The van der Waals surface area contributed by atoms with Gasteiger partial charge in [-0.25, -0.2) is 0 Å². The molecule has 0 N–H and O–H groups in total. The van der Waals surface area contributed by atoms with Crippen molar-refractivity contribution in [1.29, 1.82) is 0 Å². The molecule has 6 rings (SSSR count). The summed E-state index contributed by atoms with van der Waals surface area (Å²) >= 11 is 0. The fourth-order valence-corrected chi connectivity index (χ4v) is 7.63. The van der Waals surface area contributed by atoms with Gasteiger partial charge in [0, 0.05) is 24.5 Å². The molecule has 0 radical (unpaired) electrons. The van der Waals surface area contributed by atoms with Gasteiger partial charge in [0.1, 0.15) is 5.75 Å². The van der Waals surface area contributed by atoms with Crippen molar-refractivity contribution >= 4 is 0 Å². The Morgan fingerprint density at radius 2 is 2.08 bits per heavy atom. The minimum atomic E-state index is 0.439. The minimum Gasteiger partial charge on any atom is -0.497 e. The van der Waals surface area contributed by atoms with Crippen LogP contribution >= 0.6 is 0 Å². The number of benzene rings is 1. The van der Waals surface area contributed by atoms with Crippen LogP contribution in [0.5, 0.6) is 5.75 Å². The summed E-state index contributed by atoms with van der Waals surface area (Å²) in [4.78, 5) is 5.78. The molecule has 26 heavy (non-hydrogen) atoms. The standard InChI is InChI=1S/C23H32N2O/c1-26-18-6-5-17-13-21-19-4-2-3-8-23(19,20(17)14-18)9-11-25(21)22-12-16-7-10-24(22)15-16/h5-6,14,16,19,21-22H,2-4,7-13,15H2,1H3/t16?,19-,21+,22?,23-/m0/s1. The summed E-state index contributed by atoms with van der Waals surface area (Å²) in [5.41, 5.74) is 3.72. The summed E-state index contributed by atoms with van der Waals surface area (Å²) in [6.07, 6.45) is 12.0. The van der Waals surface area contributed by atoms with Crippen molar-refractivity contribution in [3.05, 3.63) is 29.3 Å². The van der Waals surface area contributed by atoms with E-state index in [0.717, 1.165) is 29.8 Å². The lowest BCUT2D eigenvalue weighted by Crippen LogP contribution is -2.64. The van der Waals surface area contributed by atoms with Crippen molar-refractivity contribution in [3.8, 4) is 5.75 Å². The summed E-state index contributed by atoms with van der Waals surface area (Å²) in [7, 11) is 1.82. The van der Waals surface area contributed by atoms with Gasteiger partial charge >= 0.3 is 0 Å². The highest BCUT2D eigenvalue weighted by Crippen LogP contribution is 2.57. The van der Waals surface area contributed by atoms with Crippen molar-refractivity contribution in [2.24, 2.45) is 11.8 Å². The van der Waals surface area contributed by atoms with Crippen LogP contribution in [0.2, 0.25) is 0 Å². The monoisotopic (exact) mass is 352 g/mol. The Balaban J connectivity index is 1.41. The number of ether oxygens (including phenoxy) is 1. The molecule has 4 fully saturated rings. The van der Waals surface area contributed by atoms with E-state index in [1.165, 1.54) is 71.0 Å². The molecule has 5 aliphatic rings. The maximum Gasteiger partial charge on any atom is 0.119 e. The highest BCUT2D eigenvalue weighted by atomic mass is 16.5. The van der Waals surface area contributed by atoms with E-state index in [9.17, 15) is 0 Å². The third-order valence-electron chi connectivity index (χ3n) is 8.75. The fourth-order valence-electron chi connectivity index (χ4n) is 7.63. The van der Waals surface area contributed by atoms with E-state index in [1.54, 1.807) is 11.1 Å². The molecule has 3 aliphatic heterocycles. The van der Waals surface area contributed by atoms with Crippen molar-refractivity contribution in [3.63, 3.8) is 0 Å². The molecule has 0 spiro atoms. The number of methoxy groups -OCH3 is 1. The lowest BCUT2D eigenvalue weighted by atomic mass is 9.52. The normalized spacial score (nSPS) is 43.8. The molecule has 1 aromatic carbocycles. The van der Waals surface area contributed by atoms with Crippen LogP contribution in [0.25, 0.3) is 0 Å². The van der Waals surface area contributed by atoms with Crippen LogP contribution in [0, 0.1) is 11.8 Å². The number of hydrogen-bond donors (Lipinski definition) is 0. The molecule has 3 heteroatoms. The lowest BCUT2D eigenvalue weighted by Gasteiger charge is -2.61. The third kappa shape index (κ3) is 2.08. The number of likely N-dealkylation sites (tertiary alicyclic amines) is 1. The molecule has 0 aromatic heterocycles. The van der Waals surface area contributed by atoms with Crippen LogP contribution in [0.1, 0.15) is 56.1 Å². The Morgan fingerprint density at radius 3 is 2.88 bits per heavy atom. The zero-order valence-corrected chi connectivity index (χ0v) is 16.1. The molecule has 3 unspecified atom stereocenters. The first-order valence-electron chi connectivity index (χ1n) is 11.0. The molecular weight excluding hydrogens is 320 g/mol. The van der Waals surface area contributed by atoms with E-state index in [0.29, 0.717) is 5.41 Å². The average Bonchev–Trinajstić information content (AvgIpc) is 3.31. The lowest BCUT2D eigenvalue weighted by molar-refractivity contribution is -0.0677. The van der Waals surface area contributed by atoms with Crippen LogP contribution in [0.4, 0.5) is 0 Å². The van der Waals surface area contributed by atoms with E-state index in [1.807, 2.05) is 7.11 Å². The number of piperidine rings is 2. The van der Waals surface area contributed by atoms with Crippen molar-refractivity contribution in [1.82, 2.24) is 9.80 Å². The molecule has 4 bridgehead atoms. The Labute approximate surface area is 157 Å². The highest BCUT2D eigenvalue weighted by Gasteiger charge is 2.56. The maximum absolute atomic E-state index is 5.61. The van der Waals surface area contributed by atoms with Gasteiger partial charge in [0.2, 0.25) is 0 Å². The first-order chi connectivity index (χ1) is 12.8. The number of rotatable bonds is 2. The van der Waals surface area contributed by atoms with Gasteiger partial charge < -0.3 is 4.74 Å². The van der Waals surface area contributed by atoms with Gasteiger partial charge in [-0.1, -0.05) is 18.9 Å². The molecule has 6 atom stereocenters. The smallest absolute Gasteiger partial charge is 0.119 e. The molecule has 3 nitrogen and oxygen atoms in total. The predicted molar refractivity (Wildman–Crippen MR) is 104 cm³/mol. The van der Waals surface area contributed by atoms with Gasteiger partial charge in [-0.3, -0.25) is 9.80 Å². The molecule has 0 amide bonds. The Hall–Kier alpha value is -1.06. The molecular formula is C23H32N2O. The summed E-state index contributed by atoms with van der Waals surface area (Å²) in [6, 6.07) is 7.76. The number of hydrogen-bond acceptors (Lipinski definition) is 3. The highest BCUT2D eigenvalue weighted by molar-refractivity contribution is 5.45. The minimum absolute atomic E-state index is 0.439. The van der Waals surface area contributed by atoms with E-state index < -0.39 is 0 Å². The zero-order chi connectivity index (χ0) is 17.3. The van der Waals surface area contributed by atoms with Gasteiger partial charge in [0.25, 0.3) is 0 Å². The maximum atomic E-state index is 5.61. The molecule has 2 aliphatic carbocycles. The summed E-state index contributed by atoms with van der Waals surface area (Å²) in [6.45, 7) is 4.03. The van der Waals surface area contributed by atoms with Crippen LogP contribution in [-0.2, 0) is 11.8 Å². The second-order valence-electron chi connectivity index (χ2n) is 9.66.